The van der Waals surface area contributed by atoms with Gasteiger partial charge in [-0.05, 0) is 139 Å². The normalized spacial score (nSPS) is 40.1. The zero-order chi connectivity index (χ0) is 32.0. The van der Waals surface area contributed by atoms with E-state index < -0.39 is 4.87 Å². The third-order valence-corrected chi connectivity index (χ3v) is 14.6. The summed E-state index contributed by atoms with van der Waals surface area (Å²) in [4.78, 5) is 37.5. The standard InChI is InChI=1S/C36H50ClIO6/c1-7-26-29-20-25(43-22(3)39)13-16-34(29,4)27-14-17-35(5)28(15-18-36(35,37)21(2)11-12-30(40)42-6)31(27)32(26)44-33(41)23-9-8-10-24(38)19-23/h8-10,19,21,25-29,31-32H,7,11-18,20H2,1-6H3/t21-,25-,26-,27?,28?,29+,31?,32-,34-,35+,36+/m1/s1. The van der Waals surface area contributed by atoms with E-state index in [0.717, 1.165) is 54.9 Å². The van der Waals surface area contributed by atoms with Crippen LogP contribution in [0.1, 0.15) is 109 Å². The summed E-state index contributed by atoms with van der Waals surface area (Å²) in [7, 11) is 1.44. The fourth-order valence-corrected chi connectivity index (χ4v) is 11.7. The highest BCUT2D eigenvalue weighted by Crippen LogP contribution is 2.72. The van der Waals surface area contributed by atoms with Crippen LogP contribution < -0.4 is 0 Å². The second-order valence-corrected chi connectivity index (χ2v) is 16.7. The van der Waals surface area contributed by atoms with Crippen LogP contribution in [0.2, 0.25) is 0 Å². The molecule has 5 rings (SSSR count). The fourth-order valence-electron chi connectivity index (χ4n) is 10.7. The van der Waals surface area contributed by atoms with E-state index in [0.29, 0.717) is 36.2 Å². The number of carbonyl (C=O) groups is 3. The quantitative estimate of drug-likeness (QED) is 0.115. The van der Waals surface area contributed by atoms with E-state index in [9.17, 15) is 14.4 Å². The molecular weight excluding hydrogens is 691 g/mol. The van der Waals surface area contributed by atoms with Gasteiger partial charge < -0.3 is 14.2 Å². The van der Waals surface area contributed by atoms with Crippen molar-refractivity contribution in [2.24, 2.45) is 46.3 Å². The predicted molar refractivity (Wildman–Crippen MR) is 179 cm³/mol. The lowest BCUT2D eigenvalue weighted by atomic mass is 9.41. The molecule has 1 aromatic rings. The van der Waals surface area contributed by atoms with E-state index in [2.05, 4.69) is 50.3 Å². The molecule has 0 bridgehead atoms. The summed E-state index contributed by atoms with van der Waals surface area (Å²) >= 11 is 10.0. The number of esters is 3. The van der Waals surface area contributed by atoms with E-state index in [1.165, 1.54) is 14.0 Å². The van der Waals surface area contributed by atoms with E-state index in [4.69, 9.17) is 25.8 Å². The highest BCUT2D eigenvalue weighted by molar-refractivity contribution is 14.1. The molecule has 0 aromatic heterocycles. The molecule has 0 saturated heterocycles. The van der Waals surface area contributed by atoms with Gasteiger partial charge in [0.25, 0.3) is 0 Å². The van der Waals surface area contributed by atoms with Gasteiger partial charge >= 0.3 is 17.9 Å². The molecule has 0 N–H and O–H groups in total. The van der Waals surface area contributed by atoms with E-state index >= 15 is 0 Å². The Hall–Kier alpha value is -1.35. The number of benzene rings is 1. The van der Waals surface area contributed by atoms with Crippen molar-refractivity contribution in [3.05, 3.63) is 33.4 Å². The van der Waals surface area contributed by atoms with Crippen molar-refractivity contribution in [1.29, 1.82) is 0 Å². The van der Waals surface area contributed by atoms with Crippen LogP contribution in [-0.4, -0.2) is 42.1 Å². The van der Waals surface area contributed by atoms with Gasteiger partial charge in [0.15, 0.2) is 0 Å². The summed E-state index contributed by atoms with van der Waals surface area (Å²) in [6, 6.07) is 7.64. The molecule has 4 aliphatic rings. The molecule has 3 unspecified atom stereocenters. The minimum absolute atomic E-state index is 0.0718. The monoisotopic (exact) mass is 740 g/mol. The fraction of sp³-hybridized carbons (Fsp3) is 0.750. The molecule has 0 heterocycles. The Morgan fingerprint density at radius 1 is 1.05 bits per heavy atom. The van der Waals surface area contributed by atoms with Gasteiger partial charge in [0.05, 0.1) is 17.5 Å². The molecule has 4 aliphatic carbocycles. The van der Waals surface area contributed by atoms with Crippen LogP contribution in [0.3, 0.4) is 0 Å². The number of rotatable bonds is 8. The minimum Gasteiger partial charge on any atom is -0.469 e. The number of methoxy groups -OCH3 is 1. The molecule has 0 aliphatic heterocycles. The first-order chi connectivity index (χ1) is 20.8. The Morgan fingerprint density at radius 3 is 2.43 bits per heavy atom. The number of halogens is 2. The lowest BCUT2D eigenvalue weighted by Gasteiger charge is -2.65. The first-order valence-electron chi connectivity index (χ1n) is 16.7. The van der Waals surface area contributed by atoms with Crippen LogP contribution in [0.15, 0.2) is 24.3 Å². The molecule has 0 amide bonds. The maximum absolute atomic E-state index is 13.9. The van der Waals surface area contributed by atoms with Gasteiger partial charge in [-0.2, -0.15) is 0 Å². The Labute approximate surface area is 282 Å². The number of carbonyl (C=O) groups excluding carboxylic acids is 3. The third-order valence-electron chi connectivity index (χ3n) is 12.9. The number of hydrogen-bond donors (Lipinski definition) is 0. The number of ether oxygens (including phenoxy) is 3. The Balaban J connectivity index is 1.53. The summed E-state index contributed by atoms with van der Waals surface area (Å²) in [5, 5.41) is 0. The van der Waals surface area contributed by atoms with Crippen molar-refractivity contribution in [3.63, 3.8) is 0 Å². The largest absolute Gasteiger partial charge is 0.469 e. The molecule has 44 heavy (non-hydrogen) atoms. The SMILES string of the molecule is CC[C@H]1[C@@H](OC(=O)c2cccc(I)c2)C2C3CC[C@](Cl)([C@H](C)CCC(=O)OC)[C@@]3(C)CCC2[C@@]2(C)CC[C@@H](OC(C)=O)C[C@@H]12. The maximum Gasteiger partial charge on any atom is 0.338 e. The molecule has 0 spiro atoms. The molecule has 8 heteroatoms. The molecular formula is C36H50ClIO6. The van der Waals surface area contributed by atoms with Gasteiger partial charge in [0, 0.05) is 22.8 Å². The van der Waals surface area contributed by atoms with Crippen molar-refractivity contribution < 1.29 is 28.6 Å². The lowest BCUT2D eigenvalue weighted by Crippen LogP contribution is -2.64. The highest BCUT2D eigenvalue weighted by Gasteiger charge is 2.69. The maximum atomic E-state index is 13.9. The number of fused-ring (bicyclic) bond motifs is 5. The highest BCUT2D eigenvalue weighted by atomic mass is 127. The first-order valence-corrected chi connectivity index (χ1v) is 18.1. The summed E-state index contributed by atoms with van der Waals surface area (Å²) in [5.41, 5.74) is 0.517. The van der Waals surface area contributed by atoms with Crippen LogP contribution in [-0.2, 0) is 23.8 Å². The van der Waals surface area contributed by atoms with Crippen LogP contribution in [0, 0.1) is 49.9 Å². The van der Waals surface area contributed by atoms with Crippen LogP contribution in [0.25, 0.3) is 0 Å². The van der Waals surface area contributed by atoms with Crippen molar-refractivity contribution >= 4 is 52.1 Å². The molecule has 244 valence electrons. The number of alkyl halides is 1. The van der Waals surface area contributed by atoms with Gasteiger partial charge in [-0.25, -0.2) is 4.79 Å². The molecule has 1 aromatic carbocycles. The number of hydrogen-bond acceptors (Lipinski definition) is 6. The summed E-state index contributed by atoms with van der Waals surface area (Å²) in [6.07, 6.45) is 8.30. The average molecular weight is 741 g/mol. The Kier molecular flexibility index (Phi) is 10.1. The van der Waals surface area contributed by atoms with Crippen molar-refractivity contribution in [1.82, 2.24) is 0 Å². The lowest BCUT2D eigenvalue weighted by molar-refractivity contribution is -0.206. The smallest absolute Gasteiger partial charge is 0.338 e. The van der Waals surface area contributed by atoms with Crippen molar-refractivity contribution in [3.8, 4) is 0 Å². The van der Waals surface area contributed by atoms with Gasteiger partial charge in [0.2, 0.25) is 0 Å². The van der Waals surface area contributed by atoms with Gasteiger partial charge in [-0.3, -0.25) is 9.59 Å². The van der Waals surface area contributed by atoms with Crippen LogP contribution in [0.4, 0.5) is 0 Å². The summed E-state index contributed by atoms with van der Waals surface area (Å²) in [5.74, 6) is 0.847. The molecule has 4 fully saturated rings. The zero-order valence-electron chi connectivity index (χ0n) is 27.2. The van der Waals surface area contributed by atoms with E-state index in [1.54, 1.807) is 0 Å². The minimum atomic E-state index is -0.437. The Bertz CT molecular complexity index is 1250. The summed E-state index contributed by atoms with van der Waals surface area (Å²) < 4.78 is 18.5. The third kappa shape index (κ3) is 5.84. The van der Waals surface area contributed by atoms with Gasteiger partial charge in [-0.1, -0.05) is 33.8 Å². The second-order valence-electron chi connectivity index (χ2n) is 14.7. The molecule has 0 radical (unpaired) electrons. The van der Waals surface area contributed by atoms with Gasteiger partial charge in [0.1, 0.15) is 12.2 Å². The van der Waals surface area contributed by atoms with Crippen molar-refractivity contribution in [2.45, 2.75) is 116 Å². The topological polar surface area (TPSA) is 78.9 Å². The van der Waals surface area contributed by atoms with Crippen LogP contribution in [0.5, 0.6) is 0 Å². The molecule has 4 saturated carbocycles. The van der Waals surface area contributed by atoms with Crippen molar-refractivity contribution in [2.75, 3.05) is 7.11 Å². The summed E-state index contributed by atoms with van der Waals surface area (Å²) in [6.45, 7) is 10.8. The molecule has 11 atom stereocenters. The van der Waals surface area contributed by atoms with E-state index in [1.807, 2.05) is 24.3 Å². The second kappa shape index (κ2) is 13.0. The first kappa shape index (κ1) is 34.0. The van der Waals surface area contributed by atoms with Crippen LogP contribution >= 0.6 is 34.2 Å². The zero-order valence-corrected chi connectivity index (χ0v) is 30.1. The Morgan fingerprint density at radius 2 is 1.77 bits per heavy atom. The van der Waals surface area contributed by atoms with Gasteiger partial charge in [-0.15, -0.1) is 11.6 Å². The predicted octanol–water partition coefficient (Wildman–Crippen LogP) is 8.60. The van der Waals surface area contributed by atoms with E-state index in [-0.39, 0.29) is 58.7 Å². The molecule has 6 nitrogen and oxygen atoms in total. The average Bonchev–Trinajstić information content (AvgIpc) is 3.27.